The predicted molar refractivity (Wildman–Crippen MR) is 76.8 cm³/mol. The first kappa shape index (κ1) is 14.0. The summed E-state index contributed by atoms with van der Waals surface area (Å²) in [7, 11) is 1.97. The molecule has 1 heterocycles. The second-order valence-electron chi connectivity index (χ2n) is 5.31. The van der Waals surface area contributed by atoms with Crippen LogP contribution in [0.5, 0.6) is 0 Å². The van der Waals surface area contributed by atoms with Gasteiger partial charge in [0.25, 0.3) is 0 Å². The average molecular weight is 315 g/mol. The van der Waals surface area contributed by atoms with Crippen molar-refractivity contribution in [2.45, 2.75) is 51.0 Å². The zero-order valence-electron chi connectivity index (χ0n) is 11.0. The van der Waals surface area contributed by atoms with Crippen molar-refractivity contribution >= 4 is 15.9 Å². The highest BCUT2D eigenvalue weighted by molar-refractivity contribution is 9.10. The third-order valence-corrected chi connectivity index (χ3v) is 4.62. The maximum absolute atomic E-state index is 5.75. The Hall–Kier alpha value is -0.390. The van der Waals surface area contributed by atoms with Crippen molar-refractivity contribution in [2.24, 2.45) is 18.8 Å². The first-order valence-electron chi connectivity index (χ1n) is 6.86. The molecule has 18 heavy (non-hydrogen) atoms. The number of nitrogens with two attached hydrogens (primary N) is 1. The van der Waals surface area contributed by atoms with Gasteiger partial charge in [0, 0.05) is 7.05 Å². The molecule has 0 saturated heterocycles. The molecule has 0 aliphatic heterocycles. The van der Waals surface area contributed by atoms with Gasteiger partial charge in [-0.3, -0.25) is 16.0 Å². The normalized spacial score (nSPS) is 19.7. The van der Waals surface area contributed by atoms with Gasteiger partial charge in [-0.25, -0.2) is 0 Å². The molecule has 1 atom stereocenters. The number of hydrogen-bond acceptors (Lipinski definition) is 3. The minimum Gasteiger partial charge on any atom is -0.271 e. The molecule has 0 bridgehead atoms. The van der Waals surface area contributed by atoms with Crippen LogP contribution in [0.15, 0.2) is 10.7 Å². The number of nitrogens with zero attached hydrogens (tertiary/aromatic N) is 2. The van der Waals surface area contributed by atoms with E-state index in [1.165, 1.54) is 38.5 Å². The Kier molecular flexibility index (Phi) is 5.21. The quantitative estimate of drug-likeness (QED) is 0.510. The smallest absolute Gasteiger partial charge is 0.0705 e. The van der Waals surface area contributed by atoms with E-state index in [9.17, 15) is 0 Å². The van der Waals surface area contributed by atoms with E-state index < -0.39 is 0 Å². The van der Waals surface area contributed by atoms with Crippen LogP contribution in [0.3, 0.4) is 0 Å². The molecule has 1 aromatic heterocycles. The molecule has 1 aliphatic rings. The molecule has 1 saturated carbocycles. The monoisotopic (exact) mass is 314 g/mol. The summed E-state index contributed by atoms with van der Waals surface area (Å²) in [6.45, 7) is 0. The molecule has 1 aromatic rings. The Balaban J connectivity index is 2.04. The summed E-state index contributed by atoms with van der Waals surface area (Å²) >= 11 is 3.56. The van der Waals surface area contributed by atoms with Crippen molar-refractivity contribution in [3.8, 4) is 0 Å². The van der Waals surface area contributed by atoms with Gasteiger partial charge in [-0.2, -0.15) is 5.10 Å². The summed E-state index contributed by atoms with van der Waals surface area (Å²) in [6.07, 6.45) is 11.2. The fraction of sp³-hybridized carbons (Fsp3) is 0.769. The number of hydrazine groups is 1. The van der Waals surface area contributed by atoms with Crippen molar-refractivity contribution in [3.63, 3.8) is 0 Å². The Morgan fingerprint density at radius 2 is 2.11 bits per heavy atom. The van der Waals surface area contributed by atoms with Gasteiger partial charge >= 0.3 is 0 Å². The van der Waals surface area contributed by atoms with E-state index in [0.717, 1.165) is 22.5 Å². The van der Waals surface area contributed by atoms with Gasteiger partial charge < -0.3 is 0 Å². The van der Waals surface area contributed by atoms with Crippen molar-refractivity contribution in [1.82, 2.24) is 15.2 Å². The molecule has 0 spiro atoms. The first-order chi connectivity index (χ1) is 8.72. The fourth-order valence-corrected chi connectivity index (χ4v) is 3.63. The molecule has 2 rings (SSSR count). The number of halogens is 1. The molecule has 0 radical (unpaired) electrons. The second-order valence-corrected chi connectivity index (χ2v) is 6.17. The topological polar surface area (TPSA) is 55.9 Å². The summed E-state index contributed by atoms with van der Waals surface area (Å²) in [6, 6.07) is 0.190. The van der Waals surface area contributed by atoms with Gasteiger partial charge in [-0.05, 0) is 28.3 Å². The van der Waals surface area contributed by atoms with Crippen LogP contribution in [0.25, 0.3) is 0 Å². The average Bonchev–Trinajstić information content (AvgIpc) is 2.60. The Morgan fingerprint density at radius 3 is 2.61 bits per heavy atom. The lowest BCUT2D eigenvalue weighted by Gasteiger charge is -2.22. The summed E-state index contributed by atoms with van der Waals surface area (Å²) in [5.41, 5.74) is 4.12. The Bertz CT molecular complexity index is 350. The summed E-state index contributed by atoms with van der Waals surface area (Å²) < 4.78 is 2.95. The summed E-state index contributed by atoms with van der Waals surface area (Å²) in [5, 5.41) is 4.27. The van der Waals surface area contributed by atoms with Crippen molar-refractivity contribution in [2.75, 3.05) is 0 Å². The molecule has 0 amide bonds. The molecular formula is C13H23BrN4. The van der Waals surface area contributed by atoms with Crippen LogP contribution in [0.2, 0.25) is 0 Å². The van der Waals surface area contributed by atoms with E-state index in [1.807, 2.05) is 17.9 Å². The highest BCUT2D eigenvalue weighted by atomic mass is 79.9. The molecule has 4 nitrogen and oxygen atoms in total. The predicted octanol–water partition coefficient (Wildman–Crippen LogP) is 3.05. The SMILES string of the molecule is Cn1ncc(Br)c1C(CC1CCCCCC1)NN. The lowest BCUT2D eigenvalue weighted by Crippen LogP contribution is -2.31. The molecule has 1 unspecified atom stereocenters. The molecule has 3 N–H and O–H groups in total. The van der Waals surface area contributed by atoms with Crippen LogP contribution < -0.4 is 11.3 Å². The fourth-order valence-electron chi connectivity index (χ4n) is 3.00. The summed E-state index contributed by atoms with van der Waals surface area (Å²) in [4.78, 5) is 0. The zero-order chi connectivity index (χ0) is 13.0. The third kappa shape index (κ3) is 3.33. The van der Waals surface area contributed by atoms with Gasteiger partial charge in [-0.15, -0.1) is 0 Å². The number of rotatable bonds is 4. The highest BCUT2D eigenvalue weighted by Gasteiger charge is 2.22. The van der Waals surface area contributed by atoms with Gasteiger partial charge in [0.2, 0.25) is 0 Å². The number of aromatic nitrogens is 2. The highest BCUT2D eigenvalue weighted by Crippen LogP contribution is 2.32. The maximum Gasteiger partial charge on any atom is 0.0705 e. The van der Waals surface area contributed by atoms with E-state index in [-0.39, 0.29) is 6.04 Å². The van der Waals surface area contributed by atoms with E-state index in [0.29, 0.717) is 0 Å². The maximum atomic E-state index is 5.75. The van der Waals surface area contributed by atoms with Crippen LogP contribution in [0.4, 0.5) is 0 Å². The van der Waals surface area contributed by atoms with E-state index >= 15 is 0 Å². The van der Waals surface area contributed by atoms with Crippen molar-refractivity contribution in [1.29, 1.82) is 0 Å². The van der Waals surface area contributed by atoms with Crippen LogP contribution in [0, 0.1) is 5.92 Å². The summed E-state index contributed by atoms with van der Waals surface area (Å²) in [5.74, 6) is 6.53. The minimum absolute atomic E-state index is 0.190. The molecular weight excluding hydrogens is 292 g/mol. The largest absolute Gasteiger partial charge is 0.271 e. The molecule has 5 heteroatoms. The van der Waals surface area contributed by atoms with Crippen molar-refractivity contribution in [3.05, 3.63) is 16.4 Å². The van der Waals surface area contributed by atoms with Crippen LogP contribution in [-0.2, 0) is 7.05 Å². The van der Waals surface area contributed by atoms with Crippen molar-refractivity contribution < 1.29 is 0 Å². The van der Waals surface area contributed by atoms with E-state index in [1.54, 1.807) is 0 Å². The molecule has 0 aromatic carbocycles. The zero-order valence-corrected chi connectivity index (χ0v) is 12.6. The van der Waals surface area contributed by atoms with Crippen LogP contribution in [-0.4, -0.2) is 9.78 Å². The van der Waals surface area contributed by atoms with Gasteiger partial charge in [0.15, 0.2) is 0 Å². The lowest BCUT2D eigenvalue weighted by molar-refractivity contribution is 0.348. The molecule has 1 aliphatic carbocycles. The lowest BCUT2D eigenvalue weighted by atomic mass is 9.91. The van der Waals surface area contributed by atoms with E-state index in [2.05, 4.69) is 26.5 Å². The van der Waals surface area contributed by atoms with Crippen LogP contribution in [0.1, 0.15) is 56.7 Å². The first-order valence-corrected chi connectivity index (χ1v) is 7.65. The Labute approximate surface area is 117 Å². The molecule has 1 fully saturated rings. The number of hydrogen-bond donors (Lipinski definition) is 2. The van der Waals surface area contributed by atoms with Gasteiger partial charge in [-0.1, -0.05) is 38.5 Å². The van der Waals surface area contributed by atoms with Gasteiger partial charge in [0.05, 0.1) is 22.4 Å². The third-order valence-electron chi connectivity index (χ3n) is 4.01. The standard InChI is InChI=1S/C13H23BrN4/c1-18-13(11(14)9-16-18)12(17-15)8-10-6-4-2-3-5-7-10/h9-10,12,17H,2-8,15H2,1H3. The van der Waals surface area contributed by atoms with Gasteiger partial charge in [0.1, 0.15) is 0 Å². The molecule has 102 valence electrons. The van der Waals surface area contributed by atoms with E-state index in [4.69, 9.17) is 5.84 Å². The number of aryl methyl sites for hydroxylation is 1. The van der Waals surface area contributed by atoms with Crippen LogP contribution >= 0.6 is 15.9 Å². The number of nitrogens with one attached hydrogen (secondary N) is 1. The minimum atomic E-state index is 0.190. The Morgan fingerprint density at radius 1 is 1.44 bits per heavy atom. The second kappa shape index (κ2) is 6.68.